The van der Waals surface area contributed by atoms with Crippen molar-refractivity contribution in [3.63, 3.8) is 0 Å². The van der Waals surface area contributed by atoms with Gasteiger partial charge >= 0.3 is 0 Å². The van der Waals surface area contributed by atoms with Crippen molar-refractivity contribution in [3.8, 4) is 39.5 Å². The molecule has 11 rings (SSSR count). The molecule has 0 bridgehead atoms. The molecule has 0 unspecified atom stereocenters. The predicted octanol–water partition coefficient (Wildman–Crippen LogP) is 15.4. The molecule has 5 heterocycles. The van der Waals surface area contributed by atoms with Crippen LogP contribution in [0.5, 0.6) is 0 Å². The van der Waals surface area contributed by atoms with Crippen LogP contribution in [0.1, 0.15) is 77.0 Å². The van der Waals surface area contributed by atoms with Crippen molar-refractivity contribution in [2.75, 3.05) is 0 Å². The second-order valence-corrected chi connectivity index (χ2v) is 17.9. The van der Waals surface area contributed by atoms with E-state index in [1.165, 1.54) is 33.5 Å². The maximum absolute atomic E-state index is 6.65. The SMILES string of the molecule is CC(C)(C)c1ccnc(-c2[c-]cccc2)c1.CC(C)c1cc(-c2ccccc2)cc(C(C)C)c1-n1c(-c2[c-]ccc3c2oc2nc4c(cc23)oc2ccccc24)nc2ccccc21.[Ir]. The summed E-state index contributed by atoms with van der Waals surface area (Å²) in [5, 5.41) is 2.83. The molecular weight excluding hydrogens is 965 g/mol. The number of hydrogen-bond donors (Lipinski definition) is 0. The van der Waals surface area contributed by atoms with Crippen molar-refractivity contribution in [1.29, 1.82) is 0 Å². The van der Waals surface area contributed by atoms with E-state index in [0.29, 0.717) is 11.3 Å². The maximum Gasteiger partial charge on any atom is 0.216 e. The molecule has 0 aliphatic heterocycles. The first-order valence-electron chi connectivity index (χ1n) is 21.7. The van der Waals surface area contributed by atoms with Gasteiger partial charge in [-0.1, -0.05) is 120 Å². The van der Waals surface area contributed by atoms with Crippen LogP contribution in [-0.2, 0) is 25.5 Å². The van der Waals surface area contributed by atoms with Crippen molar-refractivity contribution in [1.82, 2.24) is 19.5 Å². The summed E-state index contributed by atoms with van der Waals surface area (Å²) in [7, 11) is 0. The van der Waals surface area contributed by atoms with Gasteiger partial charge in [-0.3, -0.25) is 4.98 Å². The normalized spacial score (nSPS) is 11.8. The largest absolute Gasteiger partial charge is 0.486 e. The molecule has 64 heavy (non-hydrogen) atoms. The molecule has 0 amide bonds. The number of aromatic nitrogens is 4. The van der Waals surface area contributed by atoms with Crippen LogP contribution in [0.4, 0.5) is 0 Å². The van der Waals surface area contributed by atoms with Gasteiger partial charge in [0.15, 0.2) is 5.58 Å². The number of pyridine rings is 2. The van der Waals surface area contributed by atoms with Crippen LogP contribution < -0.4 is 0 Å². The van der Waals surface area contributed by atoms with E-state index in [9.17, 15) is 0 Å². The van der Waals surface area contributed by atoms with Gasteiger partial charge in [-0.05, 0) is 99.3 Å². The Morgan fingerprint density at radius 2 is 1.33 bits per heavy atom. The Hall–Kier alpha value is -6.66. The maximum atomic E-state index is 6.65. The molecule has 6 aromatic carbocycles. The smallest absolute Gasteiger partial charge is 0.216 e. The van der Waals surface area contributed by atoms with Gasteiger partial charge in [-0.25, -0.2) is 4.98 Å². The summed E-state index contributed by atoms with van der Waals surface area (Å²) in [6, 6.07) is 56.7. The quantitative estimate of drug-likeness (QED) is 0.155. The molecule has 7 heteroatoms. The summed E-state index contributed by atoms with van der Waals surface area (Å²) in [5.74, 6) is 1.32. The summed E-state index contributed by atoms with van der Waals surface area (Å²) in [4.78, 5) is 14.6. The van der Waals surface area contributed by atoms with Crippen LogP contribution in [0.15, 0.2) is 161 Å². The minimum Gasteiger partial charge on any atom is -0.486 e. The minimum absolute atomic E-state index is 0. The van der Waals surface area contributed by atoms with Crippen LogP contribution in [0.3, 0.4) is 0 Å². The molecule has 0 aliphatic carbocycles. The molecule has 11 aromatic rings. The second kappa shape index (κ2) is 17.1. The number of para-hydroxylation sites is 3. The Kier molecular flexibility index (Phi) is 11.4. The fraction of sp³-hybridized carbons (Fsp3) is 0.175. The van der Waals surface area contributed by atoms with E-state index < -0.39 is 0 Å². The van der Waals surface area contributed by atoms with Crippen molar-refractivity contribution in [3.05, 3.63) is 181 Å². The van der Waals surface area contributed by atoms with Crippen molar-refractivity contribution in [2.45, 2.75) is 65.7 Å². The molecular formula is C57H48IrN4O2-2. The van der Waals surface area contributed by atoms with Gasteiger partial charge < -0.3 is 18.4 Å². The molecule has 1 radical (unpaired) electrons. The number of nitrogens with zero attached hydrogens (tertiary/aromatic N) is 4. The van der Waals surface area contributed by atoms with Gasteiger partial charge in [0.25, 0.3) is 0 Å². The van der Waals surface area contributed by atoms with Gasteiger partial charge in [0.2, 0.25) is 5.71 Å². The molecule has 0 atom stereocenters. The Labute approximate surface area is 387 Å². The number of benzene rings is 6. The van der Waals surface area contributed by atoms with Crippen molar-refractivity contribution >= 4 is 55.2 Å². The zero-order valence-corrected chi connectivity index (χ0v) is 39.4. The number of hydrogen-bond acceptors (Lipinski definition) is 5. The number of fused-ring (bicyclic) bond motifs is 7. The Morgan fingerprint density at radius 1 is 0.609 bits per heavy atom. The third-order valence-electron chi connectivity index (χ3n) is 11.9. The molecule has 0 fully saturated rings. The average molecular weight is 1010 g/mol. The van der Waals surface area contributed by atoms with Crippen LogP contribution >= 0.6 is 0 Å². The van der Waals surface area contributed by atoms with Crippen LogP contribution in [0, 0.1) is 12.1 Å². The van der Waals surface area contributed by atoms with Gasteiger partial charge in [0.05, 0.1) is 22.4 Å². The number of furan rings is 2. The van der Waals surface area contributed by atoms with Gasteiger partial charge in [-0.2, -0.15) is 0 Å². The topological polar surface area (TPSA) is 69.9 Å². The van der Waals surface area contributed by atoms with Gasteiger partial charge in [0.1, 0.15) is 11.1 Å². The Morgan fingerprint density at radius 3 is 2.06 bits per heavy atom. The summed E-state index contributed by atoms with van der Waals surface area (Å²) in [5.41, 5.74) is 16.0. The molecule has 0 saturated heterocycles. The summed E-state index contributed by atoms with van der Waals surface area (Å²) in [6.07, 6.45) is 1.87. The zero-order valence-electron chi connectivity index (χ0n) is 37.0. The second-order valence-electron chi connectivity index (χ2n) is 17.9. The first-order valence-corrected chi connectivity index (χ1v) is 21.7. The van der Waals surface area contributed by atoms with E-state index >= 15 is 0 Å². The summed E-state index contributed by atoms with van der Waals surface area (Å²) >= 11 is 0. The van der Waals surface area contributed by atoms with E-state index in [2.05, 4.69) is 143 Å². The molecule has 0 aliphatic rings. The molecule has 0 spiro atoms. The summed E-state index contributed by atoms with van der Waals surface area (Å²) in [6.45, 7) is 15.7. The number of rotatable bonds is 6. The Bertz CT molecular complexity index is 3420. The first-order chi connectivity index (χ1) is 30.5. The van der Waals surface area contributed by atoms with Crippen LogP contribution in [0.2, 0.25) is 0 Å². The van der Waals surface area contributed by atoms with E-state index in [0.717, 1.165) is 66.5 Å². The van der Waals surface area contributed by atoms with E-state index in [-0.39, 0.29) is 37.4 Å². The molecule has 0 N–H and O–H groups in total. The molecule has 5 aromatic heterocycles. The van der Waals surface area contributed by atoms with Crippen molar-refractivity contribution in [2.24, 2.45) is 0 Å². The van der Waals surface area contributed by atoms with E-state index in [4.69, 9.17) is 18.8 Å². The standard InChI is InChI=1S/C42H32N3O2.C15H16N.Ir/c1-24(2)31-21-27(26-13-6-5-7-14-26)22-32(25(3)4)39(31)45-35-19-10-9-18-34(35)43-41(45)30-17-12-16-28-33-23-37-38(44-42(33)47-40(28)30)29-15-8-11-20-36(29)46-37;1-15(2,3)13-9-10-16-14(11-13)12-7-5-4-6-8-12;/h5-16,18-25H,1-4H3;4-7,9-11H,1-3H3;/q2*-1;. The third kappa shape index (κ3) is 7.74. The molecule has 6 nitrogen and oxygen atoms in total. The molecule has 319 valence electrons. The molecule has 0 saturated carbocycles. The fourth-order valence-electron chi connectivity index (χ4n) is 8.59. The average Bonchev–Trinajstić information content (AvgIpc) is 3.99. The van der Waals surface area contributed by atoms with Crippen LogP contribution in [0.25, 0.3) is 94.6 Å². The van der Waals surface area contributed by atoms with Crippen LogP contribution in [-0.4, -0.2) is 19.5 Å². The van der Waals surface area contributed by atoms with Crippen molar-refractivity contribution < 1.29 is 28.9 Å². The van der Waals surface area contributed by atoms with Gasteiger partial charge in [-0.15, -0.1) is 54.1 Å². The zero-order chi connectivity index (χ0) is 43.4. The van der Waals surface area contributed by atoms with E-state index in [1.54, 1.807) is 0 Å². The number of imidazole rings is 1. The predicted molar refractivity (Wildman–Crippen MR) is 259 cm³/mol. The monoisotopic (exact) mass is 1010 g/mol. The Balaban J connectivity index is 0.000000258. The minimum atomic E-state index is 0. The first kappa shape index (κ1) is 42.6. The van der Waals surface area contributed by atoms with Gasteiger partial charge in [0, 0.05) is 42.8 Å². The third-order valence-corrected chi connectivity index (χ3v) is 11.9. The van der Waals surface area contributed by atoms with E-state index in [1.807, 2.05) is 79.0 Å². The summed E-state index contributed by atoms with van der Waals surface area (Å²) < 4.78 is 15.2. The fourth-order valence-corrected chi connectivity index (χ4v) is 8.59.